The molecule has 132 valence electrons. The Morgan fingerprint density at radius 1 is 1.33 bits per heavy atom. The second kappa shape index (κ2) is 7.65. The molecule has 0 aliphatic heterocycles. The molecule has 2 N–H and O–H groups in total. The van der Waals surface area contributed by atoms with E-state index in [1.165, 1.54) is 6.07 Å². The zero-order valence-corrected chi connectivity index (χ0v) is 14.6. The third-order valence-electron chi connectivity index (χ3n) is 2.90. The first kappa shape index (κ1) is 18.3. The van der Waals surface area contributed by atoms with Gasteiger partial charge in [-0.05, 0) is 33.6 Å². The first-order chi connectivity index (χ1) is 11.2. The van der Waals surface area contributed by atoms with Crippen LogP contribution in [0.5, 0.6) is 5.88 Å². The summed E-state index contributed by atoms with van der Waals surface area (Å²) in [5.41, 5.74) is -0.343. The molecule has 1 aliphatic rings. The number of ether oxygens (including phenoxy) is 2. The summed E-state index contributed by atoms with van der Waals surface area (Å²) in [5.74, 6) is -0.138. The highest BCUT2D eigenvalue weighted by Gasteiger charge is 2.25. The number of halogens is 1. The summed E-state index contributed by atoms with van der Waals surface area (Å²) in [5, 5.41) is 12.9. The molecule has 1 fully saturated rings. The number of amides is 2. The third kappa shape index (κ3) is 6.19. The van der Waals surface area contributed by atoms with Crippen molar-refractivity contribution in [1.29, 1.82) is 0 Å². The molecule has 2 rings (SSSR count). The van der Waals surface area contributed by atoms with E-state index in [2.05, 4.69) is 20.8 Å². The number of nitrogens with zero attached hydrogens (tertiary/aromatic N) is 2. The van der Waals surface area contributed by atoms with Crippen LogP contribution in [0.3, 0.4) is 0 Å². The highest BCUT2D eigenvalue weighted by molar-refractivity contribution is 6.32. The maximum absolute atomic E-state index is 12.0. The van der Waals surface area contributed by atoms with Crippen molar-refractivity contribution in [3.8, 4) is 5.88 Å². The molecule has 1 saturated carbocycles. The average molecular weight is 357 g/mol. The molecule has 1 aromatic rings. The lowest BCUT2D eigenvalue weighted by Crippen LogP contribution is -2.34. The van der Waals surface area contributed by atoms with Crippen molar-refractivity contribution in [3.63, 3.8) is 0 Å². The van der Waals surface area contributed by atoms with E-state index in [9.17, 15) is 9.59 Å². The third-order valence-corrected chi connectivity index (χ3v) is 3.18. The molecule has 1 aliphatic carbocycles. The van der Waals surface area contributed by atoms with E-state index < -0.39 is 11.7 Å². The first-order valence-corrected chi connectivity index (χ1v) is 8.06. The van der Waals surface area contributed by atoms with Gasteiger partial charge in [0.2, 0.25) is 5.88 Å². The molecular weight excluding hydrogens is 336 g/mol. The van der Waals surface area contributed by atoms with E-state index in [1.54, 1.807) is 20.8 Å². The molecule has 0 radical (unpaired) electrons. The van der Waals surface area contributed by atoms with Gasteiger partial charge in [-0.25, -0.2) is 4.79 Å². The van der Waals surface area contributed by atoms with E-state index in [-0.39, 0.29) is 41.7 Å². The Hall–Kier alpha value is -2.09. The summed E-state index contributed by atoms with van der Waals surface area (Å²) >= 11 is 5.90. The van der Waals surface area contributed by atoms with Gasteiger partial charge in [-0.1, -0.05) is 11.6 Å². The molecule has 1 aromatic heterocycles. The highest BCUT2D eigenvalue weighted by atomic mass is 35.5. The van der Waals surface area contributed by atoms with Gasteiger partial charge in [-0.2, -0.15) is 0 Å². The Bertz CT molecular complexity index is 614. The lowest BCUT2D eigenvalue weighted by atomic mass is 10.2. The molecule has 0 bridgehead atoms. The van der Waals surface area contributed by atoms with Gasteiger partial charge in [-0.3, -0.25) is 4.79 Å². The smallest absolute Gasteiger partial charge is 0.407 e. The van der Waals surface area contributed by atoms with Crippen molar-refractivity contribution in [2.45, 2.75) is 45.3 Å². The van der Waals surface area contributed by atoms with Crippen LogP contribution in [0.25, 0.3) is 0 Å². The number of hydrogen-bond donors (Lipinski definition) is 2. The maximum Gasteiger partial charge on any atom is 0.407 e. The van der Waals surface area contributed by atoms with E-state index in [4.69, 9.17) is 21.1 Å². The Morgan fingerprint density at radius 3 is 2.67 bits per heavy atom. The van der Waals surface area contributed by atoms with Gasteiger partial charge in [0.05, 0.1) is 12.1 Å². The average Bonchev–Trinajstić information content (AvgIpc) is 3.27. The molecule has 8 nitrogen and oxygen atoms in total. The Labute approximate surface area is 145 Å². The summed E-state index contributed by atoms with van der Waals surface area (Å²) in [4.78, 5) is 23.5. The second-order valence-electron chi connectivity index (χ2n) is 6.41. The largest absolute Gasteiger partial charge is 0.475 e. The predicted octanol–water partition coefficient (Wildman–Crippen LogP) is 1.93. The molecule has 0 atom stereocenters. The first-order valence-electron chi connectivity index (χ1n) is 7.68. The molecule has 1 heterocycles. The maximum atomic E-state index is 12.0. The fourth-order valence-electron chi connectivity index (χ4n) is 1.70. The number of nitrogens with one attached hydrogen (secondary N) is 2. The van der Waals surface area contributed by atoms with Crippen LogP contribution in [0.15, 0.2) is 6.07 Å². The Balaban J connectivity index is 1.80. The van der Waals surface area contributed by atoms with Gasteiger partial charge in [0, 0.05) is 12.1 Å². The minimum absolute atomic E-state index is 0.0207. The van der Waals surface area contributed by atoms with Gasteiger partial charge in [0.1, 0.15) is 12.2 Å². The minimum Gasteiger partial charge on any atom is -0.475 e. The van der Waals surface area contributed by atoms with Crippen molar-refractivity contribution in [3.05, 3.63) is 16.8 Å². The molecule has 0 unspecified atom stereocenters. The van der Waals surface area contributed by atoms with Crippen LogP contribution in [0.2, 0.25) is 5.15 Å². The molecule has 0 saturated heterocycles. The zero-order chi connectivity index (χ0) is 17.7. The molecular formula is C15H21ClN4O4. The lowest BCUT2D eigenvalue weighted by Gasteiger charge is -2.19. The summed E-state index contributed by atoms with van der Waals surface area (Å²) < 4.78 is 10.5. The Morgan fingerprint density at radius 2 is 2.04 bits per heavy atom. The van der Waals surface area contributed by atoms with Crippen LogP contribution >= 0.6 is 11.6 Å². The lowest BCUT2D eigenvalue weighted by molar-refractivity contribution is 0.0519. The summed E-state index contributed by atoms with van der Waals surface area (Å²) in [6.07, 6.45) is 1.42. The van der Waals surface area contributed by atoms with E-state index in [0.717, 1.165) is 12.8 Å². The van der Waals surface area contributed by atoms with Crippen molar-refractivity contribution in [2.24, 2.45) is 0 Å². The zero-order valence-electron chi connectivity index (χ0n) is 13.9. The van der Waals surface area contributed by atoms with E-state index in [1.807, 2.05) is 0 Å². The van der Waals surface area contributed by atoms with E-state index >= 15 is 0 Å². The van der Waals surface area contributed by atoms with Gasteiger partial charge < -0.3 is 20.1 Å². The minimum atomic E-state index is -0.559. The standard InChI is InChI=1S/C15H21ClN4O4/c1-15(2,3)24-14(22)17-6-7-23-11-8-10(12(16)20-19-11)13(21)18-9-4-5-9/h8-9H,4-7H2,1-3H3,(H,17,22)(H,18,21). The highest BCUT2D eigenvalue weighted by Crippen LogP contribution is 2.22. The van der Waals surface area contributed by atoms with Crippen molar-refractivity contribution in [2.75, 3.05) is 13.2 Å². The van der Waals surface area contributed by atoms with Crippen LogP contribution in [0.1, 0.15) is 44.0 Å². The monoisotopic (exact) mass is 356 g/mol. The fraction of sp³-hybridized carbons (Fsp3) is 0.600. The van der Waals surface area contributed by atoms with Crippen LogP contribution in [0.4, 0.5) is 4.79 Å². The summed E-state index contributed by atoms with van der Waals surface area (Å²) in [7, 11) is 0. The van der Waals surface area contributed by atoms with Crippen molar-refractivity contribution < 1.29 is 19.1 Å². The quantitative estimate of drug-likeness (QED) is 0.755. The molecule has 9 heteroatoms. The normalized spacial score (nSPS) is 14.0. The fourth-order valence-corrected chi connectivity index (χ4v) is 1.88. The van der Waals surface area contributed by atoms with E-state index in [0.29, 0.717) is 0 Å². The second-order valence-corrected chi connectivity index (χ2v) is 6.77. The van der Waals surface area contributed by atoms with Crippen molar-refractivity contribution in [1.82, 2.24) is 20.8 Å². The predicted molar refractivity (Wildman–Crippen MR) is 87.3 cm³/mol. The topological polar surface area (TPSA) is 102 Å². The van der Waals surface area contributed by atoms with Crippen LogP contribution < -0.4 is 15.4 Å². The van der Waals surface area contributed by atoms with Gasteiger partial charge in [0.25, 0.3) is 5.91 Å². The summed E-state index contributed by atoms with van der Waals surface area (Å²) in [6.45, 7) is 5.71. The number of carbonyl (C=O) groups excluding carboxylic acids is 2. The number of alkyl carbamates (subject to hydrolysis) is 1. The SMILES string of the molecule is CC(C)(C)OC(=O)NCCOc1cc(C(=O)NC2CC2)c(Cl)nn1. The number of aromatic nitrogens is 2. The van der Waals surface area contributed by atoms with Crippen LogP contribution in [-0.4, -0.2) is 47.0 Å². The van der Waals surface area contributed by atoms with Crippen LogP contribution in [0, 0.1) is 0 Å². The number of carbonyl (C=O) groups is 2. The molecule has 0 aromatic carbocycles. The molecule has 2 amide bonds. The Kier molecular flexibility index (Phi) is 5.82. The van der Waals surface area contributed by atoms with Crippen molar-refractivity contribution >= 4 is 23.6 Å². The molecule has 24 heavy (non-hydrogen) atoms. The summed E-state index contributed by atoms with van der Waals surface area (Å²) in [6, 6.07) is 1.64. The van der Waals surface area contributed by atoms with Gasteiger partial charge in [0.15, 0.2) is 5.15 Å². The number of hydrogen-bond acceptors (Lipinski definition) is 6. The number of rotatable bonds is 6. The van der Waals surface area contributed by atoms with Gasteiger partial charge in [-0.15, -0.1) is 10.2 Å². The molecule has 0 spiro atoms. The van der Waals surface area contributed by atoms with Gasteiger partial charge >= 0.3 is 6.09 Å². The van der Waals surface area contributed by atoms with Crippen LogP contribution in [-0.2, 0) is 4.74 Å².